The molecule has 0 N–H and O–H groups in total. The second-order valence-electron chi connectivity index (χ2n) is 11.3. The molecule has 1 saturated heterocycles. The molecule has 42 heavy (non-hydrogen) atoms. The van der Waals surface area contributed by atoms with E-state index >= 15 is 0 Å². The maximum absolute atomic E-state index is 13.4. The topological polar surface area (TPSA) is 102 Å². The smallest absolute Gasteiger partial charge is 0.367 e. The molecule has 1 aliphatic rings. The molecule has 0 aliphatic carbocycles. The van der Waals surface area contributed by atoms with E-state index in [1.807, 2.05) is 61.5 Å². The van der Waals surface area contributed by atoms with Gasteiger partial charge in [0.2, 0.25) is 0 Å². The highest BCUT2D eigenvalue weighted by molar-refractivity contribution is 7.97. The molecule has 0 amide bonds. The zero-order chi connectivity index (χ0) is 30.9. The van der Waals surface area contributed by atoms with Crippen molar-refractivity contribution in [2.75, 3.05) is 13.2 Å². The van der Waals surface area contributed by atoms with Gasteiger partial charge in [0, 0.05) is 11.0 Å². The van der Waals surface area contributed by atoms with E-state index in [4.69, 9.17) is 9.47 Å². The number of carbonyl (C=O) groups is 1. The van der Waals surface area contributed by atoms with Crippen LogP contribution in [0.3, 0.4) is 0 Å². The van der Waals surface area contributed by atoms with Gasteiger partial charge in [0.15, 0.2) is 37.2 Å². The summed E-state index contributed by atoms with van der Waals surface area (Å²) < 4.78 is 76.1. The van der Waals surface area contributed by atoms with Gasteiger partial charge in [0.25, 0.3) is 0 Å². The number of alkyl halides is 2. The molecule has 3 atom stereocenters. The van der Waals surface area contributed by atoms with Gasteiger partial charge in [-0.15, -0.1) is 0 Å². The van der Waals surface area contributed by atoms with Crippen molar-refractivity contribution < 1.29 is 40.8 Å². The van der Waals surface area contributed by atoms with Crippen molar-refractivity contribution in [3.63, 3.8) is 0 Å². The number of benzene rings is 3. The summed E-state index contributed by atoms with van der Waals surface area (Å²) in [4.78, 5) is 15.1. The van der Waals surface area contributed by atoms with Crippen molar-refractivity contribution in [3.8, 4) is 0 Å². The molecule has 0 radical (unpaired) electrons. The summed E-state index contributed by atoms with van der Waals surface area (Å²) in [5.74, 6) is -1.76. The van der Waals surface area contributed by atoms with Crippen LogP contribution in [-0.2, 0) is 41.0 Å². The summed E-state index contributed by atoms with van der Waals surface area (Å²) in [7, 11) is -6.55. The van der Waals surface area contributed by atoms with E-state index in [0.29, 0.717) is 12.5 Å². The number of ether oxygens (including phenoxy) is 3. The summed E-state index contributed by atoms with van der Waals surface area (Å²) in [6, 6.07) is 24.0. The first kappa shape index (κ1) is 32.1. The molecule has 4 rings (SSSR count). The maximum Gasteiger partial charge on any atom is 0.367 e. The van der Waals surface area contributed by atoms with E-state index in [1.54, 1.807) is 12.1 Å². The zero-order valence-electron chi connectivity index (χ0n) is 24.0. The number of halogens is 2. The minimum Gasteiger partial charge on any atom is -0.743 e. The fourth-order valence-electron chi connectivity index (χ4n) is 4.92. The average Bonchev–Trinajstić information content (AvgIpc) is 2.94. The van der Waals surface area contributed by atoms with Crippen LogP contribution in [0.2, 0.25) is 0 Å². The Bertz CT molecular complexity index is 1490. The van der Waals surface area contributed by atoms with Crippen molar-refractivity contribution in [2.24, 2.45) is 11.3 Å². The molecule has 3 unspecified atom stereocenters. The van der Waals surface area contributed by atoms with Gasteiger partial charge in [0.1, 0.15) is 0 Å². The molecular formula is C31H34F2O7S2. The van der Waals surface area contributed by atoms with E-state index in [9.17, 15) is 26.5 Å². The predicted molar refractivity (Wildman–Crippen MR) is 153 cm³/mol. The summed E-state index contributed by atoms with van der Waals surface area (Å²) in [5, 5.41) is -4.72. The maximum atomic E-state index is 13.4. The summed E-state index contributed by atoms with van der Waals surface area (Å²) in [5.41, 5.74) is 0.701. The summed E-state index contributed by atoms with van der Waals surface area (Å²) >= 11 is 0. The molecular weight excluding hydrogens is 586 g/mol. The van der Waals surface area contributed by atoms with Gasteiger partial charge in [-0.1, -0.05) is 45.9 Å². The highest BCUT2D eigenvalue weighted by atomic mass is 32.2. The van der Waals surface area contributed by atoms with E-state index in [2.05, 4.69) is 32.4 Å². The van der Waals surface area contributed by atoms with Gasteiger partial charge in [-0.05, 0) is 73.5 Å². The van der Waals surface area contributed by atoms with Gasteiger partial charge in [-0.3, -0.25) is 0 Å². The first-order valence-electron chi connectivity index (χ1n) is 13.4. The third-order valence-corrected chi connectivity index (χ3v) is 10.2. The zero-order valence-corrected chi connectivity index (χ0v) is 25.6. The Labute approximate surface area is 248 Å². The van der Waals surface area contributed by atoms with Gasteiger partial charge in [-0.25, -0.2) is 13.2 Å². The van der Waals surface area contributed by atoms with Crippen LogP contribution in [0.15, 0.2) is 93.5 Å². The Hall–Kier alpha value is -2.83. The lowest BCUT2D eigenvalue weighted by atomic mass is 9.80. The Kier molecular flexibility index (Phi) is 9.20. The molecule has 0 aromatic heterocycles. The Morgan fingerprint density at radius 3 is 2.02 bits per heavy atom. The van der Waals surface area contributed by atoms with Crippen LogP contribution in [0.1, 0.15) is 50.5 Å². The molecule has 1 fully saturated rings. The van der Waals surface area contributed by atoms with Crippen molar-refractivity contribution in [1.29, 1.82) is 0 Å². The molecule has 0 bridgehead atoms. The van der Waals surface area contributed by atoms with E-state index in [-0.39, 0.29) is 17.1 Å². The monoisotopic (exact) mass is 620 g/mol. The third kappa shape index (κ3) is 6.86. The summed E-state index contributed by atoms with van der Waals surface area (Å²) in [6.45, 7) is 9.20. The van der Waals surface area contributed by atoms with E-state index in [0.717, 1.165) is 20.2 Å². The van der Waals surface area contributed by atoms with Crippen LogP contribution in [0.4, 0.5) is 8.78 Å². The van der Waals surface area contributed by atoms with Crippen molar-refractivity contribution in [1.82, 2.24) is 0 Å². The number of esters is 1. The largest absolute Gasteiger partial charge is 0.743 e. The number of hydrogen-bond acceptors (Lipinski definition) is 7. The lowest BCUT2D eigenvalue weighted by Crippen LogP contribution is -2.52. The van der Waals surface area contributed by atoms with Crippen LogP contribution in [-0.4, -0.2) is 43.5 Å². The fraction of sp³-hybridized carbons (Fsp3) is 0.387. The van der Waals surface area contributed by atoms with Crippen LogP contribution in [0, 0.1) is 11.3 Å². The number of hydrogen-bond donors (Lipinski definition) is 0. The first-order valence-corrected chi connectivity index (χ1v) is 16.0. The van der Waals surface area contributed by atoms with Crippen LogP contribution >= 0.6 is 0 Å². The molecule has 226 valence electrons. The molecule has 3 aromatic carbocycles. The lowest BCUT2D eigenvalue weighted by molar-refractivity contribution is -0.337. The lowest BCUT2D eigenvalue weighted by Gasteiger charge is -2.49. The minimum absolute atomic E-state index is 0.0102. The highest BCUT2D eigenvalue weighted by Gasteiger charge is 2.46. The third-order valence-electron chi connectivity index (χ3n) is 7.10. The molecule has 11 heteroatoms. The number of rotatable bonds is 9. The second kappa shape index (κ2) is 12.0. The molecule has 0 saturated carbocycles. The van der Waals surface area contributed by atoms with Gasteiger partial charge >= 0.3 is 11.2 Å². The molecule has 0 spiro atoms. The molecule has 1 aliphatic heterocycles. The van der Waals surface area contributed by atoms with E-state index < -0.39 is 44.6 Å². The molecule has 3 aromatic rings. The Balaban J connectivity index is 1.59. The minimum atomic E-state index is -5.96. The number of carbonyl (C=O) groups excluding carboxylic acids is 1. The van der Waals surface area contributed by atoms with Crippen LogP contribution < -0.4 is 0 Å². The van der Waals surface area contributed by atoms with Gasteiger partial charge in [-0.2, -0.15) is 8.78 Å². The molecule has 7 nitrogen and oxygen atoms in total. The Morgan fingerprint density at radius 2 is 1.50 bits per heavy atom. The summed E-state index contributed by atoms with van der Waals surface area (Å²) in [6.07, 6.45) is 0.0102. The normalized spacial score (nSPS) is 21.6. The Morgan fingerprint density at radius 1 is 0.976 bits per heavy atom. The van der Waals surface area contributed by atoms with Crippen molar-refractivity contribution in [2.45, 2.75) is 66.5 Å². The SMILES string of the molecule is CC(C)C1OC(C)(c2ccc([S+](c3ccccc3)c3ccc(C(=O)OCC(F)(F)S(=O)(=O)[O-])cc3)cc2)OCC1(C)C. The average molecular weight is 621 g/mol. The molecule has 1 heterocycles. The predicted octanol–water partition coefficient (Wildman–Crippen LogP) is 6.35. The fourth-order valence-corrected chi connectivity index (χ4v) is 7.19. The van der Waals surface area contributed by atoms with Crippen molar-refractivity contribution >= 4 is 27.0 Å². The van der Waals surface area contributed by atoms with E-state index in [1.165, 1.54) is 12.1 Å². The second-order valence-corrected chi connectivity index (χ2v) is 14.9. The van der Waals surface area contributed by atoms with Crippen LogP contribution in [0.25, 0.3) is 0 Å². The first-order chi connectivity index (χ1) is 19.5. The van der Waals surface area contributed by atoms with Gasteiger partial charge in [0.05, 0.1) is 29.2 Å². The van der Waals surface area contributed by atoms with Crippen LogP contribution in [0.5, 0.6) is 0 Å². The van der Waals surface area contributed by atoms with Gasteiger partial charge < -0.3 is 18.8 Å². The quantitative estimate of drug-likeness (QED) is 0.156. The van der Waals surface area contributed by atoms with Crippen molar-refractivity contribution in [3.05, 3.63) is 90.0 Å². The standard InChI is InChI=1S/C31H34F2O7S2/c1-21(2)27-29(3,4)19-39-30(5,40-27)23-13-17-26(18-14-23)41(24-9-7-6-8-10-24)25-15-11-22(12-16-25)28(34)38-20-31(32,33)42(35,36)37/h6-18,21,27H,19-20H2,1-5H3. The highest BCUT2D eigenvalue weighted by Crippen LogP contribution is 2.43.